The lowest BCUT2D eigenvalue weighted by atomic mass is 9.79. The summed E-state index contributed by atoms with van der Waals surface area (Å²) in [4.78, 5) is 0. The predicted octanol–water partition coefficient (Wildman–Crippen LogP) is 3.80. The Morgan fingerprint density at radius 2 is 2.18 bits per heavy atom. The third-order valence-corrected chi connectivity index (χ3v) is 4.00. The normalized spacial score (nSPS) is 18.2. The summed E-state index contributed by atoms with van der Waals surface area (Å²) in [5.74, 6) is 1.85. The Balaban J connectivity index is 2.01. The standard InChI is InChI=1S/C15H19NO/c1-10-5-3-8-12-9-13(17-15(10)12)14(16-2)11-6-4-7-11/h3,5,8-9,11,14,16H,4,6-7H2,1-2H3. The second kappa shape index (κ2) is 4.19. The van der Waals surface area contributed by atoms with Crippen LogP contribution in [0.15, 0.2) is 28.7 Å². The summed E-state index contributed by atoms with van der Waals surface area (Å²) < 4.78 is 6.05. The van der Waals surface area contributed by atoms with E-state index < -0.39 is 0 Å². The van der Waals surface area contributed by atoms with Crippen molar-refractivity contribution in [1.82, 2.24) is 5.32 Å². The van der Waals surface area contributed by atoms with E-state index in [9.17, 15) is 0 Å². The van der Waals surface area contributed by atoms with E-state index in [1.54, 1.807) is 0 Å². The molecule has 1 aromatic heterocycles. The summed E-state index contributed by atoms with van der Waals surface area (Å²) in [7, 11) is 2.03. The van der Waals surface area contributed by atoms with E-state index in [0.717, 1.165) is 17.3 Å². The zero-order valence-electron chi connectivity index (χ0n) is 10.5. The lowest BCUT2D eigenvalue weighted by Crippen LogP contribution is -2.29. The lowest BCUT2D eigenvalue weighted by molar-refractivity contribution is 0.218. The van der Waals surface area contributed by atoms with E-state index >= 15 is 0 Å². The third kappa shape index (κ3) is 1.77. The number of para-hydroxylation sites is 1. The molecule has 1 fully saturated rings. The zero-order valence-corrected chi connectivity index (χ0v) is 10.5. The molecule has 1 aliphatic rings. The van der Waals surface area contributed by atoms with Gasteiger partial charge in [-0.1, -0.05) is 24.6 Å². The van der Waals surface area contributed by atoms with Crippen LogP contribution in [-0.4, -0.2) is 7.05 Å². The van der Waals surface area contributed by atoms with Crippen molar-refractivity contribution in [3.8, 4) is 0 Å². The average Bonchev–Trinajstić information content (AvgIpc) is 2.68. The summed E-state index contributed by atoms with van der Waals surface area (Å²) in [6.45, 7) is 2.10. The molecular formula is C15H19NO. The summed E-state index contributed by atoms with van der Waals surface area (Å²) in [6.07, 6.45) is 4.01. The first kappa shape index (κ1) is 10.8. The Kier molecular flexibility index (Phi) is 2.67. The number of benzene rings is 1. The average molecular weight is 229 g/mol. The first-order chi connectivity index (χ1) is 8.29. The first-order valence-electron chi connectivity index (χ1n) is 6.46. The van der Waals surface area contributed by atoms with Crippen LogP contribution in [0.25, 0.3) is 11.0 Å². The maximum atomic E-state index is 6.05. The van der Waals surface area contributed by atoms with Gasteiger partial charge in [0.1, 0.15) is 11.3 Å². The van der Waals surface area contributed by atoms with Gasteiger partial charge < -0.3 is 9.73 Å². The zero-order chi connectivity index (χ0) is 11.8. The number of aryl methyl sites for hydroxylation is 1. The largest absolute Gasteiger partial charge is 0.459 e. The highest BCUT2D eigenvalue weighted by molar-refractivity contribution is 5.81. The minimum atomic E-state index is 0.385. The van der Waals surface area contributed by atoms with Gasteiger partial charge in [-0.25, -0.2) is 0 Å². The van der Waals surface area contributed by atoms with E-state index in [-0.39, 0.29) is 0 Å². The fourth-order valence-corrected chi connectivity index (χ4v) is 2.77. The second-order valence-electron chi connectivity index (χ2n) is 5.10. The van der Waals surface area contributed by atoms with Crippen LogP contribution >= 0.6 is 0 Å². The number of rotatable bonds is 3. The number of hydrogen-bond donors (Lipinski definition) is 1. The molecule has 1 heterocycles. The predicted molar refractivity (Wildman–Crippen MR) is 70.1 cm³/mol. The fraction of sp³-hybridized carbons (Fsp3) is 0.467. The van der Waals surface area contributed by atoms with E-state index in [1.165, 1.54) is 30.2 Å². The maximum absolute atomic E-state index is 6.05. The molecule has 1 saturated carbocycles. The van der Waals surface area contributed by atoms with Crippen LogP contribution in [0.4, 0.5) is 0 Å². The van der Waals surface area contributed by atoms with Gasteiger partial charge in [-0.05, 0) is 44.4 Å². The Hall–Kier alpha value is -1.28. The minimum Gasteiger partial charge on any atom is -0.459 e. The Morgan fingerprint density at radius 3 is 2.76 bits per heavy atom. The van der Waals surface area contributed by atoms with E-state index in [1.807, 2.05) is 7.05 Å². The third-order valence-electron chi connectivity index (χ3n) is 4.00. The molecule has 3 rings (SSSR count). The van der Waals surface area contributed by atoms with Crippen molar-refractivity contribution in [2.45, 2.75) is 32.2 Å². The molecule has 1 unspecified atom stereocenters. The molecule has 2 nitrogen and oxygen atoms in total. The highest BCUT2D eigenvalue weighted by Crippen LogP contribution is 2.39. The van der Waals surface area contributed by atoms with Crippen molar-refractivity contribution in [2.75, 3.05) is 7.05 Å². The first-order valence-corrected chi connectivity index (χ1v) is 6.46. The molecular weight excluding hydrogens is 210 g/mol. The van der Waals surface area contributed by atoms with Crippen molar-refractivity contribution in [3.05, 3.63) is 35.6 Å². The second-order valence-corrected chi connectivity index (χ2v) is 5.10. The molecule has 0 radical (unpaired) electrons. The molecule has 90 valence electrons. The molecule has 2 heteroatoms. The molecule has 1 atom stereocenters. The van der Waals surface area contributed by atoms with Crippen LogP contribution in [0.3, 0.4) is 0 Å². The SMILES string of the molecule is CNC(c1cc2cccc(C)c2o1)C1CCC1. The number of fused-ring (bicyclic) bond motifs is 1. The molecule has 1 N–H and O–H groups in total. The summed E-state index contributed by atoms with van der Waals surface area (Å²) >= 11 is 0. The Bertz CT molecular complexity index is 525. The highest BCUT2D eigenvalue weighted by Gasteiger charge is 2.29. The Labute approximate surface area is 102 Å². The van der Waals surface area contributed by atoms with Crippen LogP contribution in [0, 0.1) is 12.8 Å². The topological polar surface area (TPSA) is 25.2 Å². The van der Waals surface area contributed by atoms with Gasteiger partial charge in [0.15, 0.2) is 0 Å². The van der Waals surface area contributed by atoms with Gasteiger partial charge in [0, 0.05) is 5.39 Å². The van der Waals surface area contributed by atoms with Crippen molar-refractivity contribution < 1.29 is 4.42 Å². The van der Waals surface area contributed by atoms with E-state index in [2.05, 4.69) is 36.5 Å². The summed E-state index contributed by atoms with van der Waals surface area (Å²) in [5, 5.41) is 4.63. The Morgan fingerprint density at radius 1 is 1.35 bits per heavy atom. The van der Waals surface area contributed by atoms with Gasteiger partial charge in [-0.2, -0.15) is 0 Å². The van der Waals surface area contributed by atoms with Crippen LogP contribution < -0.4 is 5.32 Å². The van der Waals surface area contributed by atoms with Crippen LogP contribution in [0.2, 0.25) is 0 Å². The molecule has 0 spiro atoms. The van der Waals surface area contributed by atoms with E-state index in [0.29, 0.717) is 6.04 Å². The molecule has 1 aromatic carbocycles. The number of nitrogens with one attached hydrogen (secondary N) is 1. The van der Waals surface area contributed by atoms with Crippen molar-refractivity contribution in [2.24, 2.45) is 5.92 Å². The molecule has 0 bridgehead atoms. The lowest BCUT2D eigenvalue weighted by Gasteiger charge is -2.32. The van der Waals surface area contributed by atoms with Gasteiger partial charge in [-0.15, -0.1) is 0 Å². The summed E-state index contributed by atoms with van der Waals surface area (Å²) in [5.41, 5.74) is 2.26. The van der Waals surface area contributed by atoms with Crippen molar-refractivity contribution >= 4 is 11.0 Å². The smallest absolute Gasteiger partial charge is 0.137 e. The van der Waals surface area contributed by atoms with Crippen LogP contribution in [0.5, 0.6) is 0 Å². The number of hydrogen-bond acceptors (Lipinski definition) is 2. The van der Waals surface area contributed by atoms with Gasteiger partial charge in [0.05, 0.1) is 6.04 Å². The molecule has 1 aliphatic carbocycles. The minimum absolute atomic E-state index is 0.385. The maximum Gasteiger partial charge on any atom is 0.137 e. The van der Waals surface area contributed by atoms with Crippen LogP contribution in [0.1, 0.15) is 36.6 Å². The van der Waals surface area contributed by atoms with Gasteiger partial charge in [0.25, 0.3) is 0 Å². The van der Waals surface area contributed by atoms with Crippen LogP contribution in [-0.2, 0) is 0 Å². The molecule has 2 aromatic rings. The van der Waals surface area contributed by atoms with E-state index in [4.69, 9.17) is 4.42 Å². The highest BCUT2D eigenvalue weighted by atomic mass is 16.3. The van der Waals surface area contributed by atoms with Crippen molar-refractivity contribution in [1.29, 1.82) is 0 Å². The molecule has 0 amide bonds. The van der Waals surface area contributed by atoms with Crippen molar-refractivity contribution in [3.63, 3.8) is 0 Å². The quantitative estimate of drug-likeness (QED) is 0.866. The monoisotopic (exact) mass is 229 g/mol. The molecule has 0 aliphatic heterocycles. The van der Waals surface area contributed by atoms with Gasteiger partial charge in [-0.3, -0.25) is 0 Å². The molecule has 17 heavy (non-hydrogen) atoms. The van der Waals surface area contributed by atoms with Gasteiger partial charge in [0.2, 0.25) is 0 Å². The fourth-order valence-electron chi connectivity index (χ4n) is 2.77. The van der Waals surface area contributed by atoms with Gasteiger partial charge >= 0.3 is 0 Å². The molecule has 0 saturated heterocycles. The summed E-state index contributed by atoms with van der Waals surface area (Å²) in [6, 6.07) is 8.91. The number of furan rings is 1.